The van der Waals surface area contributed by atoms with Crippen LogP contribution >= 0.6 is 0 Å². The minimum absolute atomic E-state index is 0.330. The monoisotopic (exact) mass is 185 g/mol. The molecule has 1 aromatic heterocycles. The first-order valence-corrected chi connectivity index (χ1v) is 3.85. The summed E-state index contributed by atoms with van der Waals surface area (Å²) in [6.07, 6.45) is -1.37. The Labute approximate surface area is 75.0 Å². The van der Waals surface area contributed by atoms with Crippen molar-refractivity contribution in [1.82, 2.24) is 5.16 Å². The molecule has 13 heavy (non-hydrogen) atoms. The van der Waals surface area contributed by atoms with E-state index in [-0.39, 0.29) is 6.42 Å². The molecule has 2 N–H and O–H groups in total. The van der Waals surface area contributed by atoms with E-state index in [2.05, 4.69) is 5.16 Å². The van der Waals surface area contributed by atoms with Gasteiger partial charge in [0.25, 0.3) is 0 Å². The molecule has 0 unspecified atom stereocenters. The molecular weight excluding hydrogens is 174 g/mol. The van der Waals surface area contributed by atoms with Crippen molar-refractivity contribution in [2.75, 3.05) is 0 Å². The van der Waals surface area contributed by atoms with E-state index in [1.54, 1.807) is 13.8 Å². The first-order chi connectivity index (χ1) is 6.02. The van der Waals surface area contributed by atoms with Crippen LogP contribution in [-0.2, 0) is 4.79 Å². The van der Waals surface area contributed by atoms with Gasteiger partial charge in [0.05, 0.1) is 18.2 Å². The van der Waals surface area contributed by atoms with Gasteiger partial charge >= 0.3 is 5.97 Å². The maximum absolute atomic E-state index is 10.3. The molecule has 0 aliphatic carbocycles. The lowest BCUT2D eigenvalue weighted by Gasteiger charge is -2.05. The molecule has 0 amide bonds. The first kappa shape index (κ1) is 9.73. The zero-order valence-corrected chi connectivity index (χ0v) is 7.44. The number of rotatable bonds is 3. The number of aliphatic carboxylic acids is 1. The predicted octanol–water partition coefficient (Wildman–Crippen LogP) is 0.800. The Bertz CT molecular complexity index is 298. The molecule has 1 rings (SSSR count). The van der Waals surface area contributed by atoms with Gasteiger partial charge in [-0.2, -0.15) is 0 Å². The average molecular weight is 185 g/mol. The smallest absolute Gasteiger partial charge is 0.306 e. The van der Waals surface area contributed by atoms with E-state index < -0.39 is 12.1 Å². The molecule has 0 saturated carbocycles. The lowest BCUT2D eigenvalue weighted by Crippen LogP contribution is -2.06. The second kappa shape index (κ2) is 3.57. The van der Waals surface area contributed by atoms with Crippen molar-refractivity contribution in [2.45, 2.75) is 26.4 Å². The van der Waals surface area contributed by atoms with Crippen molar-refractivity contribution in [3.63, 3.8) is 0 Å². The second-order valence-corrected chi connectivity index (χ2v) is 2.85. The number of hydrogen-bond donors (Lipinski definition) is 2. The first-order valence-electron chi connectivity index (χ1n) is 3.85. The molecule has 5 heteroatoms. The molecule has 1 aromatic rings. The van der Waals surface area contributed by atoms with Crippen LogP contribution in [-0.4, -0.2) is 21.3 Å². The normalized spacial score (nSPS) is 12.8. The molecule has 0 bridgehead atoms. The van der Waals surface area contributed by atoms with Crippen LogP contribution in [0.2, 0.25) is 0 Å². The van der Waals surface area contributed by atoms with Gasteiger partial charge < -0.3 is 14.7 Å². The second-order valence-electron chi connectivity index (χ2n) is 2.85. The summed E-state index contributed by atoms with van der Waals surface area (Å²) >= 11 is 0. The fourth-order valence-corrected chi connectivity index (χ4v) is 1.23. The molecule has 0 aliphatic heterocycles. The van der Waals surface area contributed by atoms with Crippen molar-refractivity contribution in [3.8, 4) is 0 Å². The van der Waals surface area contributed by atoms with Crippen LogP contribution in [0.25, 0.3) is 0 Å². The van der Waals surface area contributed by atoms with Gasteiger partial charge in [-0.25, -0.2) is 0 Å². The topological polar surface area (TPSA) is 83.6 Å². The van der Waals surface area contributed by atoms with Crippen molar-refractivity contribution in [2.24, 2.45) is 0 Å². The Morgan fingerprint density at radius 1 is 1.62 bits per heavy atom. The summed E-state index contributed by atoms with van der Waals surface area (Å²) in [5.74, 6) is -0.584. The summed E-state index contributed by atoms with van der Waals surface area (Å²) in [7, 11) is 0. The Hall–Kier alpha value is -1.36. The number of aromatic nitrogens is 1. The number of carboxylic acids is 1. The highest BCUT2D eigenvalue weighted by atomic mass is 16.5. The van der Waals surface area contributed by atoms with E-state index in [1.807, 2.05) is 0 Å². The van der Waals surface area contributed by atoms with Crippen molar-refractivity contribution in [3.05, 3.63) is 17.0 Å². The molecule has 0 spiro atoms. The molecule has 72 valence electrons. The van der Waals surface area contributed by atoms with Crippen LogP contribution in [0.1, 0.15) is 29.5 Å². The van der Waals surface area contributed by atoms with E-state index in [0.29, 0.717) is 17.0 Å². The Morgan fingerprint density at radius 2 is 2.23 bits per heavy atom. The van der Waals surface area contributed by atoms with Crippen LogP contribution in [0, 0.1) is 13.8 Å². The third-order valence-corrected chi connectivity index (χ3v) is 1.79. The lowest BCUT2D eigenvalue weighted by molar-refractivity contribution is -0.139. The van der Waals surface area contributed by atoms with Crippen LogP contribution in [0.15, 0.2) is 4.52 Å². The fourth-order valence-electron chi connectivity index (χ4n) is 1.23. The van der Waals surface area contributed by atoms with E-state index in [1.165, 1.54) is 0 Å². The Kier molecular flexibility index (Phi) is 2.67. The van der Waals surface area contributed by atoms with Crippen LogP contribution < -0.4 is 0 Å². The maximum Gasteiger partial charge on any atom is 0.306 e. The zero-order valence-electron chi connectivity index (χ0n) is 7.44. The molecule has 1 heterocycles. The van der Waals surface area contributed by atoms with Gasteiger partial charge in [0.15, 0.2) is 0 Å². The molecule has 0 saturated heterocycles. The minimum atomic E-state index is -1.05. The van der Waals surface area contributed by atoms with Gasteiger partial charge in [0, 0.05) is 5.56 Å². The van der Waals surface area contributed by atoms with Crippen molar-refractivity contribution < 1.29 is 19.5 Å². The van der Waals surface area contributed by atoms with Crippen molar-refractivity contribution in [1.29, 1.82) is 0 Å². The third kappa shape index (κ3) is 2.06. The highest BCUT2D eigenvalue weighted by molar-refractivity contribution is 5.67. The number of hydrogen-bond acceptors (Lipinski definition) is 4. The summed E-state index contributed by atoms with van der Waals surface area (Å²) in [4.78, 5) is 10.3. The third-order valence-electron chi connectivity index (χ3n) is 1.79. The fraction of sp³-hybridized carbons (Fsp3) is 0.500. The summed E-state index contributed by atoms with van der Waals surface area (Å²) in [6.45, 7) is 3.30. The molecule has 1 atom stereocenters. The average Bonchev–Trinajstić information content (AvgIpc) is 2.29. The van der Waals surface area contributed by atoms with Gasteiger partial charge in [-0.05, 0) is 13.8 Å². The molecular formula is C8H11NO4. The Balaban J connectivity index is 2.87. The standard InChI is InChI=1S/C8H11NO4/c1-4-8(5(2)13-9-4)6(10)3-7(11)12/h6,10H,3H2,1-2H3,(H,11,12)/t6-/m1/s1. The molecule has 0 aliphatic rings. The van der Waals surface area contributed by atoms with Crippen LogP contribution in [0.5, 0.6) is 0 Å². The lowest BCUT2D eigenvalue weighted by atomic mass is 10.1. The number of carbonyl (C=O) groups is 1. The molecule has 0 aromatic carbocycles. The zero-order chi connectivity index (χ0) is 10.0. The molecule has 0 radical (unpaired) electrons. The van der Waals surface area contributed by atoms with Gasteiger partial charge in [-0.3, -0.25) is 4.79 Å². The van der Waals surface area contributed by atoms with Crippen molar-refractivity contribution >= 4 is 5.97 Å². The highest BCUT2D eigenvalue weighted by Crippen LogP contribution is 2.23. The van der Waals surface area contributed by atoms with Gasteiger partial charge in [0.1, 0.15) is 5.76 Å². The summed E-state index contributed by atoms with van der Waals surface area (Å²) in [5.41, 5.74) is 1.01. The van der Waals surface area contributed by atoms with Gasteiger partial charge in [-0.15, -0.1) is 0 Å². The van der Waals surface area contributed by atoms with Crippen LogP contribution in [0.4, 0.5) is 0 Å². The summed E-state index contributed by atoms with van der Waals surface area (Å²) in [5, 5.41) is 21.5. The molecule has 5 nitrogen and oxygen atoms in total. The number of aliphatic hydroxyl groups excluding tert-OH is 1. The van der Waals surface area contributed by atoms with E-state index in [4.69, 9.17) is 9.63 Å². The molecule has 0 fully saturated rings. The summed E-state index contributed by atoms with van der Waals surface area (Å²) in [6, 6.07) is 0. The summed E-state index contributed by atoms with van der Waals surface area (Å²) < 4.78 is 4.80. The van der Waals surface area contributed by atoms with E-state index >= 15 is 0 Å². The van der Waals surface area contributed by atoms with E-state index in [9.17, 15) is 9.90 Å². The van der Waals surface area contributed by atoms with Gasteiger partial charge in [0.2, 0.25) is 0 Å². The Morgan fingerprint density at radius 3 is 2.62 bits per heavy atom. The quantitative estimate of drug-likeness (QED) is 0.727. The van der Waals surface area contributed by atoms with Gasteiger partial charge in [-0.1, -0.05) is 5.16 Å². The number of aryl methyl sites for hydroxylation is 2. The minimum Gasteiger partial charge on any atom is -0.481 e. The predicted molar refractivity (Wildman–Crippen MR) is 43.2 cm³/mol. The highest BCUT2D eigenvalue weighted by Gasteiger charge is 2.20. The SMILES string of the molecule is Cc1noc(C)c1[C@H](O)CC(=O)O. The number of aliphatic hydroxyl groups is 1. The van der Waals surface area contributed by atoms with Crippen LogP contribution in [0.3, 0.4) is 0 Å². The number of carboxylic acid groups (broad SMARTS) is 1. The largest absolute Gasteiger partial charge is 0.481 e. The number of nitrogens with zero attached hydrogens (tertiary/aromatic N) is 1. The maximum atomic E-state index is 10.3. The van der Waals surface area contributed by atoms with E-state index in [0.717, 1.165) is 0 Å².